The predicted octanol–water partition coefficient (Wildman–Crippen LogP) is 0.812. The number of hydrogen-bond donors (Lipinski definition) is 2. The molecule has 2 atom stereocenters. The van der Waals surface area contributed by atoms with Crippen molar-refractivity contribution in [3.63, 3.8) is 0 Å². The highest BCUT2D eigenvalue weighted by atomic mass is 16.2. The zero-order valence-corrected chi connectivity index (χ0v) is 8.98. The molecule has 2 aliphatic heterocycles. The Balaban J connectivity index is 1.67. The lowest BCUT2D eigenvalue weighted by Gasteiger charge is -2.37. The fourth-order valence-corrected chi connectivity index (χ4v) is 3.03. The summed E-state index contributed by atoms with van der Waals surface area (Å²) < 4.78 is 0. The Morgan fingerprint density at radius 1 is 1.13 bits per heavy atom. The van der Waals surface area contributed by atoms with Gasteiger partial charge in [0, 0.05) is 24.2 Å². The van der Waals surface area contributed by atoms with E-state index in [9.17, 15) is 4.79 Å². The summed E-state index contributed by atoms with van der Waals surface area (Å²) in [4.78, 5) is 14.1. The van der Waals surface area contributed by atoms with Crippen LogP contribution in [0, 0.1) is 0 Å². The quantitative estimate of drug-likeness (QED) is 0.671. The van der Waals surface area contributed by atoms with Gasteiger partial charge < -0.3 is 16.0 Å². The summed E-state index contributed by atoms with van der Waals surface area (Å²) in [5, 5.41) is 3.09. The lowest BCUT2D eigenvalue weighted by molar-refractivity contribution is 0.139. The van der Waals surface area contributed by atoms with E-state index in [1.54, 1.807) is 0 Å². The first-order valence-corrected chi connectivity index (χ1v) is 6.08. The second kappa shape index (κ2) is 3.37. The number of nitrogens with zero attached hydrogens (tertiary/aromatic N) is 1. The number of carbonyl (C=O) groups excluding carboxylic acids is 1. The van der Waals surface area contributed by atoms with Gasteiger partial charge in [-0.15, -0.1) is 0 Å². The largest absolute Gasteiger partial charge is 0.335 e. The van der Waals surface area contributed by atoms with E-state index in [0.717, 1.165) is 38.5 Å². The maximum Gasteiger partial charge on any atom is 0.318 e. The van der Waals surface area contributed by atoms with Crippen molar-refractivity contribution in [1.82, 2.24) is 10.2 Å². The molecule has 2 bridgehead atoms. The third kappa shape index (κ3) is 1.71. The molecule has 3 fully saturated rings. The second-order valence-corrected chi connectivity index (χ2v) is 5.25. The molecule has 84 valence electrons. The molecule has 2 saturated heterocycles. The van der Waals surface area contributed by atoms with E-state index in [1.165, 1.54) is 0 Å². The Kier molecular flexibility index (Phi) is 2.12. The summed E-state index contributed by atoms with van der Waals surface area (Å²) in [6, 6.07) is 1.77. The molecule has 3 rings (SSSR count). The molecule has 0 spiro atoms. The molecule has 2 amide bonds. The lowest BCUT2D eigenvalue weighted by Crippen LogP contribution is -2.53. The van der Waals surface area contributed by atoms with Gasteiger partial charge in [-0.3, -0.25) is 0 Å². The van der Waals surface area contributed by atoms with E-state index in [1.807, 2.05) is 0 Å². The molecule has 4 nitrogen and oxygen atoms in total. The number of piperidine rings is 1. The van der Waals surface area contributed by atoms with Crippen LogP contribution in [-0.2, 0) is 0 Å². The number of rotatable bonds is 1. The zero-order chi connectivity index (χ0) is 10.4. The Labute approximate surface area is 90.2 Å². The van der Waals surface area contributed by atoms with Crippen LogP contribution in [0.3, 0.4) is 0 Å². The van der Waals surface area contributed by atoms with Gasteiger partial charge in [0.15, 0.2) is 0 Å². The fraction of sp³-hybridized carbons (Fsp3) is 0.909. The zero-order valence-electron chi connectivity index (χ0n) is 8.98. The minimum absolute atomic E-state index is 0.164. The van der Waals surface area contributed by atoms with Crippen molar-refractivity contribution in [3.05, 3.63) is 0 Å². The summed E-state index contributed by atoms with van der Waals surface area (Å²) in [5.41, 5.74) is 5.97. The first-order valence-electron chi connectivity index (χ1n) is 6.08. The molecular weight excluding hydrogens is 190 g/mol. The minimum Gasteiger partial charge on any atom is -0.335 e. The van der Waals surface area contributed by atoms with Gasteiger partial charge in [-0.25, -0.2) is 4.79 Å². The van der Waals surface area contributed by atoms with Crippen LogP contribution in [0.2, 0.25) is 0 Å². The predicted molar refractivity (Wildman–Crippen MR) is 57.4 cm³/mol. The number of carbonyl (C=O) groups is 1. The van der Waals surface area contributed by atoms with Crippen LogP contribution in [0.1, 0.15) is 38.5 Å². The van der Waals surface area contributed by atoms with Crippen LogP contribution in [-0.4, -0.2) is 35.1 Å². The molecule has 0 aromatic carbocycles. The minimum atomic E-state index is 0.164. The van der Waals surface area contributed by atoms with Crippen molar-refractivity contribution in [1.29, 1.82) is 0 Å². The Morgan fingerprint density at radius 3 is 2.27 bits per heavy atom. The van der Waals surface area contributed by atoms with Crippen LogP contribution >= 0.6 is 0 Å². The average molecular weight is 209 g/mol. The van der Waals surface area contributed by atoms with Gasteiger partial charge in [0.2, 0.25) is 0 Å². The Bertz CT molecular complexity index is 263. The van der Waals surface area contributed by atoms with Gasteiger partial charge in [-0.2, -0.15) is 0 Å². The number of hydrogen-bond acceptors (Lipinski definition) is 2. The second-order valence-electron chi connectivity index (χ2n) is 5.25. The van der Waals surface area contributed by atoms with E-state index in [0.29, 0.717) is 24.2 Å². The Morgan fingerprint density at radius 2 is 1.73 bits per heavy atom. The molecule has 0 aromatic heterocycles. The summed E-state index contributed by atoms with van der Waals surface area (Å²) in [6.07, 6.45) is 6.61. The summed E-state index contributed by atoms with van der Waals surface area (Å²) in [6.45, 7) is 0. The van der Waals surface area contributed by atoms with Gasteiger partial charge >= 0.3 is 6.03 Å². The highest BCUT2D eigenvalue weighted by Gasteiger charge is 2.43. The topological polar surface area (TPSA) is 58.4 Å². The van der Waals surface area contributed by atoms with E-state index in [-0.39, 0.29) is 6.03 Å². The smallest absolute Gasteiger partial charge is 0.318 e. The van der Waals surface area contributed by atoms with Gasteiger partial charge in [0.1, 0.15) is 0 Å². The lowest BCUT2D eigenvalue weighted by atomic mass is 9.99. The van der Waals surface area contributed by atoms with Gasteiger partial charge in [-0.1, -0.05) is 0 Å². The van der Waals surface area contributed by atoms with Crippen LogP contribution < -0.4 is 11.1 Å². The summed E-state index contributed by atoms with van der Waals surface area (Å²) in [5.74, 6) is 0. The normalized spacial score (nSPS) is 39.3. The van der Waals surface area contributed by atoms with Crippen LogP contribution in [0.25, 0.3) is 0 Å². The highest BCUT2D eigenvalue weighted by molar-refractivity contribution is 5.76. The van der Waals surface area contributed by atoms with Crippen molar-refractivity contribution < 1.29 is 4.79 Å². The van der Waals surface area contributed by atoms with Crippen molar-refractivity contribution in [3.8, 4) is 0 Å². The molecule has 0 radical (unpaired) electrons. The number of nitrogens with one attached hydrogen (secondary N) is 1. The van der Waals surface area contributed by atoms with E-state index in [2.05, 4.69) is 10.2 Å². The van der Waals surface area contributed by atoms with E-state index >= 15 is 0 Å². The third-order valence-electron chi connectivity index (χ3n) is 3.91. The van der Waals surface area contributed by atoms with E-state index < -0.39 is 0 Å². The highest BCUT2D eigenvalue weighted by Crippen LogP contribution is 2.35. The van der Waals surface area contributed by atoms with Crippen LogP contribution in [0.5, 0.6) is 0 Å². The number of urea groups is 1. The van der Waals surface area contributed by atoms with Crippen LogP contribution in [0.15, 0.2) is 0 Å². The molecule has 1 saturated carbocycles. The summed E-state index contributed by atoms with van der Waals surface area (Å²) >= 11 is 0. The maximum absolute atomic E-state index is 12.0. The summed E-state index contributed by atoms with van der Waals surface area (Å²) in [7, 11) is 0. The molecule has 1 aliphatic carbocycles. The number of nitrogens with two attached hydrogens (primary N) is 1. The van der Waals surface area contributed by atoms with Crippen molar-refractivity contribution in [2.75, 3.05) is 0 Å². The number of amides is 2. The van der Waals surface area contributed by atoms with Crippen molar-refractivity contribution in [2.45, 2.75) is 62.7 Å². The van der Waals surface area contributed by atoms with Gasteiger partial charge in [0.25, 0.3) is 0 Å². The van der Waals surface area contributed by atoms with Gasteiger partial charge in [-0.05, 0) is 38.5 Å². The van der Waals surface area contributed by atoms with Crippen molar-refractivity contribution >= 4 is 6.03 Å². The first kappa shape index (κ1) is 9.46. The average Bonchev–Trinajstić information content (AvgIpc) is 2.93. The molecule has 0 aromatic rings. The molecule has 2 heterocycles. The molecule has 4 heteroatoms. The fourth-order valence-electron chi connectivity index (χ4n) is 3.03. The monoisotopic (exact) mass is 209 g/mol. The molecule has 3 N–H and O–H groups in total. The molecule has 3 aliphatic rings. The molecule has 2 unspecified atom stereocenters. The maximum atomic E-state index is 12.0. The SMILES string of the molecule is NC1CC2CCC(C1)N2C(=O)NC1CC1. The van der Waals surface area contributed by atoms with E-state index in [4.69, 9.17) is 5.73 Å². The number of fused-ring (bicyclic) bond motifs is 2. The standard InChI is InChI=1S/C11H19N3O/c12-7-5-9-3-4-10(6-7)14(9)11(15)13-8-1-2-8/h7-10H,1-6,12H2,(H,13,15). The van der Waals surface area contributed by atoms with Gasteiger partial charge in [0.05, 0.1) is 0 Å². The molecular formula is C11H19N3O. The molecule has 15 heavy (non-hydrogen) atoms. The van der Waals surface area contributed by atoms with Crippen molar-refractivity contribution in [2.24, 2.45) is 5.73 Å². The first-order chi connectivity index (χ1) is 7.24. The van der Waals surface area contributed by atoms with Crippen LogP contribution in [0.4, 0.5) is 4.79 Å². The third-order valence-corrected chi connectivity index (χ3v) is 3.91. The Hall–Kier alpha value is -0.770.